The van der Waals surface area contributed by atoms with Gasteiger partial charge in [-0.05, 0) is 54.0 Å². The van der Waals surface area contributed by atoms with Crippen molar-refractivity contribution in [2.45, 2.75) is 32.1 Å². The average molecular weight is 321 g/mol. The van der Waals surface area contributed by atoms with E-state index in [2.05, 4.69) is 75.5 Å². The number of hydrogen-bond acceptors (Lipinski definition) is 1. The molecule has 2 aromatic rings. The maximum atomic E-state index is 4.24. The summed E-state index contributed by atoms with van der Waals surface area (Å²) in [4.78, 5) is 2.47. The zero-order valence-electron chi connectivity index (χ0n) is 14.2. The Hall–Kier alpha value is -1.99. The molecule has 0 spiro atoms. The fourth-order valence-corrected chi connectivity index (χ4v) is 3.25. The van der Waals surface area contributed by atoms with E-state index in [1.54, 1.807) is 11.8 Å². The third-order valence-electron chi connectivity index (χ3n) is 3.54. The monoisotopic (exact) mass is 320 g/mol. The summed E-state index contributed by atoms with van der Waals surface area (Å²) >= 11 is 1.78. The molecule has 0 aliphatic carbocycles. The highest BCUT2D eigenvalue weighted by Gasteiger charge is 2.04. The van der Waals surface area contributed by atoms with Crippen molar-refractivity contribution in [2.24, 2.45) is 0 Å². The lowest BCUT2D eigenvalue weighted by Gasteiger charge is -2.09. The lowest BCUT2D eigenvalue weighted by molar-refractivity contribution is 1.23. The molecule has 0 aromatic heterocycles. The van der Waals surface area contributed by atoms with E-state index in [9.17, 15) is 0 Å². The molecule has 0 saturated heterocycles. The van der Waals surface area contributed by atoms with Gasteiger partial charge in [0, 0.05) is 11.3 Å². The van der Waals surface area contributed by atoms with Crippen LogP contribution in [-0.4, -0.2) is 0 Å². The second-order valence-corrected chi connectivity index (χ2v) is 7.23. The standard InChI is InChI=1S/C22H24S/c1-16(2)6-9-20-10-12-21(13-11-20)15-19(5)23-22-14-17(3)7-8-18(22)4/h6-14H,1,5,15H2,2-4H3/b9-6+. The van der Waals surface area contributed by atoms with Crippen LogP contribution in [0.4, 0.5) is 0 Å². The van der Waals surface area contributed by atoms with Gasteiger partial charge in [0.1, 0.15) is 0 Å². The van der Waals surface area contributed by atoms with Crippen molar-refractivity contribution in [1.82, 2.24) is 0 Å². The van der Waals surface area contributed by atoms with Gasteiger partial charge in [-0.3, -0.25) is 0 Å². The van der Waals surface area contributed by atoms with E-state index in [4.69, 9.17) is 0 Å². The van der Waals surface area contributed by atoms with Crippen molar-refractivity contribution in [3.8, 4) is 0 Å². The van der Waals surface area contributed by atoms with Crippen molar-refractivity contribution in [3.05, 3.63) is 94.4 Å². The molecule has 0 heterocycles. The Balaban J connectivity index is 2.00. The summed E-state index contributed by atoms with van der Waals surface area (Å²) in [6, 6.07) is 15.2. The number of benzene rings is 2. The minimum atomic E-state index is 0.891. The SMILES string of the molecule is C=C(C)/C=C/c1ccc(CC(=C)Sc2cc(C)ccc2C)cc1. The van der Waals surface area contributed by atoms with Gasteiger partial charge in [-0.2, -0.15) is 0 Å². The van der Waals surface area contributed by atoms with E-state index in [1.807, 2.05) is 13.0 Å². The minimum Gasteiger partial charge on any atom is -0.0961 e. The third-order valence-corrected chi connectivity index (χ3v) is 4.63. The van der Waals surface area contributed by atoms with Crippen LogP contribution >= 0.6 is 11.8 Å². The van der Waals surface area contributed by atoms with Gasteiger partial charge in [-0.25, -0.2) is 0 Å². The lowest BCUT2D eigenvalue weighted by atomic mass is 10.1. The second-order valence-electron chi connectivity index (χ2n) is 6.01. The van der Waals surface area contributed by atoms with E-state index in [1.165, 1.54) is 32.1 Å². The van der Waals surface area contributed by atoms with Crippen LogP contribution in [0.15, 0.2) is 77.1 Å². The molecule has 0 radical (unpaired) electrons. The molecule has 0 aliphatic heterocycles. The summed E-state index contributed by atoms with van der Waals surface area (Å²) in [5.41, 5.74) is 6.15. The molecule has 0 N–H and O–H groups in total. The van der Waals surface area contributed by atoms with Crippen LogP contribution in [0, 0.1) is 13.8 Å². The summed E-state index contributed by atoms with van der Waals surface area (Å²) in [6.45, 7) is 14.4. The summed E-state index contributed by atoms with van der Waals surface area (Å²) < 4.78 is 0. The molecule has 0 aliphatic rings. The first-order chi connectivity index (χ1) is 10.9. The summed E-state index contributed by atoms with van der Waals surface area (Å²) in [5, 5.41) is 0. The zero-order valence-corrected chi connectivity index (χ0v) is 15.0. The Morgan fingerprint density at radius 2 is 1.74 bits per heavy atom. The molecule has 0 nitrogen and oxygen atoms in total. The number of thioether (sulfide) groups is 1. The van der Waals surface area contributed by atoms with Crippen LogP contribution in [-0.2, 0) is 6.42 Å². The first kappa shape index (κ1) is 17.4. The Bertz CT molecular complexity index is 733. The molecule has 0 saturated carbocycles. The van der Waals surface area contributed by atoms with Gasteiger partial charge in [0.2, 0.25) is 0 Å². The van der Waals surface area contributed by atoms with E-state index >= 15 is 0 Å². The first-order valence-corrected chi connectivity index (χ1v) is 8.61. The Kier molecular flexibility index (Phi) is 6.06. The predicted molar refractivity (Wildman–Crippen MR) is 105 cm³/mol. The third kappa shape index (κ3) is 5.61. The normalized spacial score (nSPS) is 10.9. The maximum absolute atomic E-state index is 4.24. The van der Waals surface area contributed by atoms with Gasteiger partial charge in [-0.1, -0.05) is 79.0 Å². The smallest absolute Gasteiger partial charge is 0.0150 e. The van der Waals surface area contributed by atoms with Crippen LogP contribution in [0.5, 0.6) is 0 Å². The topological polar surface area (TPSA) is 0 Å². The molecule has 0 unspecified atom stereocenters. The molecule has 118 valence electrons. The molecule has 1 heteroatoms. The quantitative estimate of drug-likeness (QED) is 0.419. The fraction of sp³-hybridized carbons (Fsp3) is 0.182. The Labute approximate surface area is 144 Å². The summed E-state index contributed by atoms with van der Waals surface area (Å²) in [7, 11) is 0. The summed E-state index contributed by atoms with van der Waals surface area (Å²) in [5.74, 6) is 0. The van der Waals surface area contributed by atoms with E-state index in [0.717, 1.165) is 12.0 Å². The van der Waals surface area contributed by atoms with E-state index < -0.39 is 0 Å². The highest BCUT2D eigenvalue weighted by atomic mass is 32.2. The molecule has 23 heavy (non-hydrogen) atoms. The van der Waals surface area contributed by atoms with Gasteiger partial charge in [0.05, 0.1) is 0 Å². The van der Waals surface area contributed by atoms with Crippen LogP contribution in [0.1, 0.15) is 29.2 Å². The molecule has 2 rings (SSSR count). The van der Waals surface area contributed by atoms with Crippen molar-refractivity contribution in [1.29, 1.82) is 0 Å². The average Bonchev–Trinajstić information content (AvgIpc) is 2.50. The van der Waals surface area contributed by atoms with Gasteiger partial charge >= 0.3 is 0 Å². The number of hydrogen-bond donors (Lipinski definition) is 0. The molecule has 0 atom stereocenters. The number of rotatable bonds is 6. The van der Waals surface area contributed by atoms with E-state index in [-0.39, 0.29) is 0 Å². The van der Waals surface area contributed by atoms with Gasteiger partial charge in [0.25, 0.3) is 0 Å². The minimum absolute atomic E-state index is 0.891. The fourth-order valence-electron chi connectivity index (χ4n) is 2.22. The first-order valence-electron chi connectivity index (χ1n) is 7.79. The van der Waals surface area contributed by atoms with Crippen molar-refractivity contribution >= 4 is 17.8 Å². The highest BCUT2D eigenvalue weighted by Crippen LogP contribution is 2.31. The van der Waals surface area contributed by atoms with Gasteiger partial charge in [0.15, 0.2) is 0 Å². The molecule has 0 amide bonds. The van der Waals surface area contributed by atoms with Crippen molar-refractivity contribution < 1.29 is 0 Å². The Morgan fingerprint density at radius 1 is 1.04 bits per heavy atom. The number of allylic oxidation sites excluding steroid dienone is 3. The maximum Gasteiger partial charge on any atom is 0.0150 e. The van der Waals surface area contributed by atoms with E-state index in [0.29, 0.717) is 0 Å². The Morgan fingerprint density at radius 3 is 2.39 bits per heavy atom. The van der Waals surface area contributed by atoms with Crippen LogP contribution in [0.25, 0.3) is 6.08 Å². The van der Waals surface area contributed by atoms with Crippen LogP contribution in [0.2, 0.25) is 0 Å². The molecular weight excluding hydrogens is 296 g/mol. The molecular formula is C22H24S. The predicted octanol–water partition coefficient (Wildman–Crippen LogP) is 6.74. The highest BCUT2D eigenvalue weighted by molar-refractivity contribution is 8.03. The van der Waals surface area contributed by atoms with Gasteiger partial charge < -0.3 is 0 Å². The van der Waals surface area contributed by atoms with Gasteiger partial charge in [-0.15, -0.1) is 0 Å². The van der Waals surface area contributed by atoms with Crippen molar-refractivity contribution in [2.75, 3.05) is 0 Å². The van der Waals surface area contributed by atoms with Crippen LogP contribution < -0.4 is 0 Å². The number of aryl methyl sites for hydroxylation is 2. The lowest BCUT2D eigenvalue weighted by Crippen LogP contribution is -1.88. The summed E-state index contributed by atoms with van der Waals surface area (Å²) in [6.07, 6.45) is 5.01. The second kappa shape index (κ2) is 8.03. The molecule has 2 aromatic carbocycles. The van der Waals surface area contributed by atoms with Crippen molar-refractivity contribution in [3.63, 3.8) is 0 Å². The molecule has 0 bridgehead atoms. The largest absolute Gasteiger partial charge is 0.0961 e. The van der Waals surface area contributed by atoms with Crippen LogP contribution in [0.3, 0.4) is 0 Å². The zero-order chi connectivity index (χ0) is 16.8. The molecule has 0 fully saturated rings.